The third kappa shape index (κ3) is 4.64. The van der Waals surface area contributed by atoms with Gasteiger partial charge in [-0.15, -0.1) is 11.3 Å². The number of sulfonamides is 1. The molecule has 1 amide bonds. The first-order valence-corrected chi connectivity index (χ1v) is 10.9. The molecule has 3 rings (SSSR count). The molecule has 28 heavy (non-hydrogen) atoms. The summed E-state index contributed by atoms with van der Waals surface area (Å²) in [4.78, 5) is 13.2. The van der Waals surface area contributed by atoms with Gasteiger partial charge in [0.25, 0.3) is 15.9 Å². The summed E-state index contributed by atoms with van der Waals surface area (Å²) in [7, 11) is -2.59. The summed E-state index contributed by atoms with van der Waals surface area (Å²) in [5.41, 5.74) is 0.468. The first-order chi connectivity index (χ1) is 13.4. The van der Waals surface area contributed by atoms with Crippen LogP contribution in [0.3, 0.4) is 0 Å². The number of carbonyl (C=O) groups excluding carboxylic acids is 1. The van der Waals surface area contributed by atoms with Gasteiger partial charge in [0.15, 0.2) is 0 Å². The van der Waals surface area contributed by atoms with Crippen molar-refractivity contribution in [1.29, 1.82) is 0 Å². The molecule has 0 radical (unpaired) electrons. The number of hydrogen-bond donors (Lipinski definition) is 2. The van der Waals surface area contributed by atoms with E-state index in [2.05, 4.69) is 10.0 Å². The number of nitrogens with one attached hydrogen (secondary N) is 2. The highest BCUT2D eigenvalue weighted by molar-refractivity contribution is 7.92. The zero-order valence-electron chi connectivity index (χ0n) is 14.8. The fourth-order valence-corrected chi connectivity index (χ4v) is 4.70. The molecular weight excluding hydrogens is 420 g/mol. The molecule has 6 nitrogen and oxygen atoms in total. The normalized spacial score (nSPS) is 11.1. The van der Waals surface area contributed by atoms with Crippen molar-refractivity contribution in [2.45, 2.75) is 11.4 Å². The van der Waals surface area contributed by atoms with Crippen molar-refractivity contribution < 1.29 is 17.9 Å². The Morgan fingerprint density at radius 3 is 2.64 bits per heavy atom. The van der Waals surface area contributed by atoms with Crippen LogP contribution in [0.4, 0.5) is 5.69 Å². The Kier molecular flexibility index (Phi) is 6.23. The Morgan fingerprint density at radius 1 is 1.14 bits per heavy atom. The smallest absolute Gasteiger partial charge is 0.263 e. The van der Waals surface area contributed by atoms with E-state index in [9.17, 15) is 13.2 Å². The lowest BCUT2D eigenvalue weighted by Crippen LogP contribution is -2.23. The van der Waals surface area contributed by atoms with E-state index in [0.717, 1.165) is 4.88 Å². The fraction of sp³-hybridized carbons (Fsp3) is 0.105. The Morgan fingerprint density at radius 2 is 1.93 bits per heavy atom. The number of hydrogen-bond acceptors (Lipinski definition) is 5. The van der Waals surface area contributed by atoms with Gasteiger partial charge in [0.2, 0.25) is 0 Å². The number of benzene rings is 2. The number of anilines is 1. The molecule has 0 unspecified atom stereocenters. The molecule has 0 saturated carbocycles. The largest absolute Gasteiger partial charge is 0.495 e. The Balaban J connectivity index is 1.84. The van der Waals surface area contributed by atoms with Crippen LogP contribution in [-0.4, -0.2) is 21.4 Å². The van der Waals surface area contributed by atoms with Crippen LogP contribution >= 0.6 is 22.9 Å². The number of amides is 1. The second-order valence-electron chi connectivity index (χ2n) is 5.71. The Bertz CT molecular complexity index is 1080. The van der Waals surface area contributed by atoms with Crippen LogP contribution in [0.2, 0.25) is 5.02 Å². The van der Waals surface area contributed by atoms with E-state index in [1.54, 1.807) is 24.3 Å². The predicted octanol–water partition coefficient (Wildman–Crippen LogP) is 4.14. The maximum atomic E-state index is 12.8. The van der Waals surface area contributed by atoms with Crippen molar-refractivity contribution in [1.82, 2.24) is 5.32 Å². The number of para-hydroxylation sites is 2. The highest BCUT2D eigenvalue weighted by Gasteiger charge is 2.21. The van der Waals surface area contributed by atoms with Crippen LogP contribution in [0.1, 0.15) is 15.2 Å². The maximum absolute atomic E-state index is 12.8. The summed E-state index contributed by atoms with van der Waals surface area (Å²) in [5, 5.41) is 4.69. The summed E-state index contributed by atoms with van der Waals surface area (Å²) in [5.74, 6) is -0.0224. The Labute approximate surface area is 172 Å². The summed E-state index contributed by atoms with van der Waals surface area (Å²) in [6, 6.07) is 14.5. The van der Waals surface area contributed by atoms with E-state index >= 15 is 0 Å². The SMILES string of the molecule is COc1ccccc1NS(=O)(=O)c1cc(C(=O)NCc2cccs2)ccc1Cl. The third-order valence-corrected chi connectivity index (χ3v) is 6.56. The first-order valence-electron chi connectivity index (χ1n) is 8.16. The van der Waals surface area contributed by atoms with Crippen molar-refractivity contribution in [2.24, 2.45) is 0 Å². The number of ether oxygens (including phenoxy) is 1. The van der Waals surface area contributed by atoms with Gasteiger partial charge >= 0.3 is 0 Å². The molecule has 9 heteroatoms. The summed E-state index contributed by atoms with van der Waals surface area (Å²) >= 11 is 7.62. The monoisotopic (exact) mass is 436 g/mol. The van der Waals surface area contributed by atoms with Gasteiger partial charge in [-0.25, -0.2) is 8.42 Å². The standard InChI is InChI=1S/C19H17ClN2O4S2/c1-26-17-7-3-2-6-16(17)22-28(24,25)18-11-13(8-9-15(18)20)19(23)21-12-14-5-4-10-27-14/h2-11,22H,12H2,1H3,(H,21,23). The predicted molar refractivity (Wildman–Crippen MR) is 111 cm³/mol. The van der Waals surface area contributed by atoms with Gasteiger partial charge in [-0.05, 0) is 41.8 Å². The molecule has 3 aromatic rings. The topological polar surface area (TPSA) is 84.5 Å². The number of carbonyl (C=O) groups is 1. The molecule has 2 N–H and O–H groups in total. The van der Waals surface area contributed by atoms with Gasteiger partial charge in [0.1, 0.15) is 10.6 Å². The van der Waals surface area contributed by atoms with Gasteiger partial charge in [0, 0.05) is 10.4 Å². The molecule has 146 valence electrons. The molecule has 0 aliphatic heterocycles. The summed E-state index contributed by atoms with van der Waals surface area (Å²) < 4.78 is 33.3. The quantitative estimate of drug-likeness (QED) is 0.583. The highest BCUT2D eigenvalue weighted by atomic mass is 35.5. The van der Waals surface area contributed by atoms with E-state index in [0.29, 0.717) is 12.3 Å². The molecule has 1 heterocycles. The molecule has 2 aromatic carbocycles. The maximum Gasteiger partial charge on any atom is 0.263 e. The molecule has 0 spiro atoms. The van der Waals surface area contributed by atoms with Crippen molar-refractivity contribution in [3.8, 4) is 5.75 Å². The van der Waals surface area contributed by atoms with E-state index in [4.69, 9.17) is 16.3 Å². The molecule has 0 atom stereocenters. The zero-order chi connectivity index (χ0) is 20.1. The average molecular weight is 437 g/mol. The number of halogens is 1. The van der Waals surface area contributed by atoms with Crippen LogP contribution < -0.4 is 14.8 Å². The number of rotatable bonds is 7. The Hall–Kier alpha value is -2.55. The van der Waals surface area contributed by atoms with E-state index in [-0.39, 0.29) is 27.1 Å². The molecule has 0 bridgehead atoms. The van der Waals surface area contributed by atoms with Gasteiger partial charge in [-0.3, -0.25) is 9.52 Å². The first kappa shape index (κ1) is 20.2. The van der Waals surface area contributed by atoms with Crippen molar-refractivity contribution >= 4 is 44.6 Å². The molecule has 0 fully saturated rings. The second kappa shape index (κ2) is 8.64. The highest BCUT2D eigenvalue weighted by Crippen LogP contribution is 2.29. The summed E-state index contributed by atoms with van der Waals surface area (Å²) in [6.45, 7) is 0.362. The van der Waals surface area contributed by atoms with Gasteiger partial charge in [0.05, 0.1) is 24.4 Å². The van der Waals surface area contributed by atoms with Crippen molar-refractivity contribution in [2.75, 3.05) is 11.8 Å². The lowest BCUT2D eigenvalue weighted by Gasteiger charge is -2.13. The third-order valence-electron chi connectivity index (χ3n) is 3.84. The van der Waals surface area contributed by atoms with Crippen LogP contribution in [0.25, 0.3) is 0 Å². The molecule has 1 aromatic heterocycles. The second-order valence-corrected chi connectivity index (χ2v) is 8.80. The van der Waals surface area contributed by atoms with E-state index in [1.807, 2.05) is 17.5 Å². The zero-order valence-corrected chi connectivity index (χ0v) is 17.2. The molecule has 0 saturated heterocycles. The van der Waals surface area contributed by atoms with Crippen molar-refractivity contribution in [3.05, 3.63) is 75.4 Å². The van der Waals surface area contributed by atoms with Gasteiger partial charge in [-0.2, -0.15) is 0 Å². The van der Waals surface area contributed by atoms with E-state index in [1.165, 1.54) is 36.6 Å². The van der Waals surface area contributed by atoms with Crippen LogP contribution in [-0.2, 0) is 16.6 Å². The average Bonchev–Trinajstić information content (AvgIpc) is 3.20. The summed E-state index contributed by atoms with van der Waals surface area (Å²) in [6.07, 6.45) is 0. The minimum atomic E-state index is -4.03. The molecule has 0 aliphatic carbocycles. The number of methoxy groups -OCH3 is 1. The van der Waals surface area contributed by atoms with Crippen molar-refractivity contribution in [3.63, 3.8) is 0 Å². The fourth-order valence-electron chi connectivity index (χ4n) is 2.46. The lowest BCUT2D eigenvalue weighted by atomic mass is 10.2. The van der Waals surface area contributed by atoms with Gasteiger partial charge < -0.3 is 10.1 Å². The minimum absolute atomic E-state index is 0.0113. The minimum Gasteiger partial charge on any atom is -0.495 e. The molecular formula is C19H17ClN2O4S2. The van der Waals surface area contributed by atoms with Crippen LogP contribution in [0, 0.1) is 0 Å². The van der Waals surface area contributed by atoms with E-state index < -0.39 is 10.0 Å². The van der Waals surface area contributed by atoms with Crippen LogP contribution in [0.5, 0.6) is 5.75 Å². The lowest BCUT2D eigenvalue weighted by molar-refractivity contribution is 0.0951. The molecule has 0 aliphatic rings. The van der Waals surface area contributed by atoms with Gasteiger partial charge in [-0.1, -0.05) is 29.8 Å². The number of thiophene rings is 1. The van der Waals surface area contributed by atoms with Crippen LogP contribution in [0.15, 0.2) is 64.9 Å².